The predicted octanol–water partition coefficient (Wildman–Crippen LogP) is 1.34. The number of Topliss-reactive ketones (excluding diaryl/α,β-unsaturated/α-hetero) is 1. The van der Waals surface area contributed by atoms with Crippen molar-refractivity contribution in [2.45, 2.75) is 32.7 Å². The zero-order chi connectivity index (χ0) is 12.3. The summed E-state index contributed by atoms with van der Waals surface area (Å²) in [7, 11) is 0. The van der Waals surface area contributed by atoms with Crippen LogP contribution in [0.2, 0.25) is 0 Å². The first-order valence-electron chi connectivity index (χ1n) is 5.93. The number of carbonyl (C=O) groups is 2. The van der Waals surface area contributed by atoms with Crippen LogP contribution >= 0.6 is 0 Å². The number of amides is 1. The Hall–Kier alpha value is -1.71. The van der Waals surface area contributed by atoms with Gasteiger partial charge in [-0.25, -0.2) is 0 Å². The van der Waals surface area contributed by atoms with Gasteiger partial charge >= 0.3 is 0 Å². The fourth-order valence-electron chi connectivity index (χ4n) is 2.04. The summed E-state index contributed by atoms with van der Waals surface area (Å²) >= 11 is 0. The molecule has 2 rings (SSSR count). The van der Waals surface area contributed by atoms with Crippen molar-refractivity contribution in [3.05, 3.63) is 29.6 Å². The second kappa shape index (κ2) is 5.08. The van der Waals surface area contributed by atoms with E-state index in [0.717, 1.165) is 17.7 Å². The summed E-state index contributed by atoms with van der Waals surface area (Å²) < 4.78 is 0. The molecule has 0 saturated carbocycles. The van der Waals surface area contributed by atoms with E-state index >= 15 is 0 Å². The molecule has 17 heavy (non-hydrogen) atoms. The van der Waals surface area contributed by atoms with Gasteiger partial charge < -0.3 is 4.90 Å². The second-order valence-corrected chi connectivity index (χ2v) is 4.24. The quantitative estimate of drug-likeness (QED) is 0.739. The zero-order valence-corrected chi connectivity index (χ0v) is 9.98. The molecule has 0 unspecified atom stereocenters. The summed E-state index contributed by atoms with van der Waals surface area (Å²) in [5.74, 6) is -0.0306. The number of pyridine rings is 1. The van der Waals surface area contributed by atoms with E-state index in [1.807, 2.05) is 12.1 Å². The first-order chi connectivity index (χ1) is 8.20. The van der Waals surface area contributed by atoms with Crippen molar-refractivity contribution in [3.63, 3.8) is 0 Å². The summed E-state index contributed by atoms with van der Waals surface area (Å²) in [4.78, 5) is 28.9. The Morgan fingerprint density at radius 1 is 1.41 bits per heavy atom. The molecule has 1 saturated heterocycles. The fraction of sp³-hybridized carbons (Fsp3) is 0.462. The van der Waals surface area contributed by atoms with E-state index in [4.69, 9.17) is 0 Å². The van der Waals surface area contributed by atoms with Gasteiger partial charge in [0.25, 0.3) is 0 Å². The highest BCUT2D eigenvalue weighted by molar-refractivity contribution is 6.00. The van der Waals surface area contributed by atoms with Crippen LogP contribution < -0.4 is 0 Å². The van der Waals surface area contributed by atoms with Gasteiger partial charge in [-0.1, -0.05) is 13.0 Å². The van der Waals surface area contributed by atoms with Crippen molar-refractivity contribution >= 4 is 11.7 Å². The van der Waals surface area contributed by atoms with Crippen LogP contribution in [0.25, 0.3) is 0 Å². The molecule has 0 N–H and O–H groups in total. The Kier molecular flexibility index (Phi) is 3.52. The standard InChI is InChI=1S/C13H16N2O2/c1-2-10-4-3-6-14-12(10)9-15-7-5-11(16)8-13(15)17/h3-4,6H,2,5,7-9H2,1H3. The van der Waals surface area contributed by atoms with Crippen LogP contribution in [-0.2, 0) is 22.6 Å². The molecule has 1 fully saturated rings. The van der Waals surface area contributed by atoms with Crippen LogP contribution in [0.3, 0.4) is 0 Å². The highest BCUT2D eigenvalue weighted by atomic mass is 16.2. The van der Waals surface area contributed by atoms with E-state index in [1.165, 1.54) is 0 Å². The SMILES string of the molecule is CCc1cccnc1CN1CCC(=O)CC1=O. The number of aromatic nitrogens is 1. The third-order valence-corrected chi connectivity index (χ3v) is 3.07. The topological polar surface area (TPSA) is 50.3 Å². The van der Waals surface area contributed by atoms with Gasteiger partial charge in [-0.05, 0) is 18.1 Å². The minimum absolute atomic E-state index is 0.0444. The Bertz CT molecular complexity index is 443. The van der Waals surface area contributed by atoms with E-state index in [9.17, 15) is 9.59 Å². The molecular formula is C13H16N2O2. The summed E-state index contributed by atoms with van der Waals surface area (Å²) in [6.07, 6.45) is 3.17. The minimum atomic E-state index is -0.0750. The van der Waals surface area contributed by atoms with Gasteiger partial charge in [0.2, 0.25) is 5.91 Å². The van der Waals surface area contributed by atoms with Crippen molar-refractivity contribution < 1.29 is 9.59 Å². The van der Waals surface area contributed by atoms with Crippen LogP contribution in [0.15, 0.2) is 18.3 Å². The largest absolute Gasteiger partial charge is 0.336 e. The highest BCUT2D eigenvalue weighted by Gasteiger charge is 2.24. The minimum Gasteiger partial charge on any atom is -0.336 e. The molecule has 2 heterocycles. The zero-order valence-electron chi connectivity index (χ0n) is 9.98. The second-order valence-electron chi connectivity index (χ2n) is 4.24. The number of rotatable bonds is 3. The Morgan fingerprint density at radius 2 is 2.24 bits per heavy atom. The first kappa shape index (κ1) is 11.8. The molecule has 1 aromatic heterocycles. The Labute approximate surface area is 101 Å². The van der Waals surface area contributed by atoms with Crippen molar-refractivity contribution in [2.75, 3.05) is 6.54 Å². The number of nitrogens with zero attached hydrogens (tertiary/aromatic N) is 2. The van der Waals surface area contributed by atoms with Gasteiger partial charge in [-0.15, -0.1) is 0 Å². The van der Waals surface area contributed by atoms with Crippen LogP contribution in [0.5, 0.6) is 0 Å². The number of ketones is 1. The number of carbonyl (C=O) groups excluding carboxylic acids is 2. The lowest BCUT2D eigenvalue weighted by Crippen LogP contribution is -2.38. The van der Waals surface area contributed by atoms with Crippen molar-refractivity contribution in [1.82, 2.24) is 9.88 Å². The molecule has 0 aromatic carbocycles. The van der Waals surface area contributed by atoms with Crippen molar-refractivity contribution in [1.29, 1.82) is 0 Å². The molecular weight excluding hydrogens is 216 g/mol. The molecule has 4 heteroatoms. The third-order valence-electron chi connectivity index (χ3n) is 3.07. The van der Waals surface area contributed by atoms with Crippen LogP contribution in [0.4, 0.5) is 0 Å². The van der Waals surface area contributed by atoms with Gasteiger partial charge in [0.05, 0.1) is 18.7 Å². The summed E-state index contributed by atoms with van der Waals surface area (Å²) in [5, 5.41) is 0. The average Bonchev–Trinajstić information content (AvgIpc) is 2.33. The average molecular weight is 232 g/mol. The van der Waals surface area contributed by atoms with E-state index in [0.29, 0.717) is 19.5 Å². The normalized spacial score (nSPS) is 16.4. The van der Waals surface area contributed by atoms with E-state index in [2.05, 4.69) is 11.9 Å². The monoisotopic (exact) mass is 232 g/mol. The highest BCUT2D eigenvalue weighted by Crippen LogP contribution is 2.14. The van der Waals surface area contributed by atoms with E-state index in [-0.39, 0.29) is 18.1 Å². The molecule has 90 valence electrons. The lowest BCUT2D eigenvalue weighted by atomic mass is 10.1. The molecule has 1 aliphatic heterocycles. The molecule has 1 amide bonds. The van der Waals surface area contributed by atoms with E-state index < -0.39 is 0 Å². The molecule has 0 spiro atoms. The predicted molar refractivity (Wildman–Crippen MR) is 63.3 cm³/mol. The summed E-state index contributed by atoms with van der Waals surface area (Å²) in [6.45, 7) is 3.12. The first-order valence-corrected chi connectivity index (χ1v) is 5.93. The van der Waals surface area contributed by atoms with Gasteiger partial charge in [-0.3, -0.25) is 14.6 Å². The van der Waals surface area contributed by atoms with Gasteiger partial charge in [0.15, 0.2) is 0 Å². The number of hydrogen-bond donors (Lipinski definition) is 0. The van der Waals surface area contributed by atoms with Crippen LogP contribution in [0, 0.1) is 0 Å². The maximum Gasteiger partial charge on any atom is 0.230 e. The van der Waals surface area contributed by atoms with Crippen LogP contribution in [0.1, 0.15) is 31.0 Å². The molecule has 0 aliphatic carbocycles. The molecule has 0 bridgehead atoms. The van der Waals surface area contributed by atoms with Gasteiger partial charge in [0.1, 0.15) is 5.78 Å². The van der Waals surface area contributed by atoms with Crippen LogP contribution in [-0.4, -0.2) is 28.1 Å². The lowest BCUT2D eigenvalue weighted by Gasteiger charge is -2.26. The van der Waals surface area contributed by atoms with Crippen molar-refractivity contribution in [2.24, 2.45) is 0 Å². The third kappa shape index (κ3) is 2.70. The molecule has 1 aromatic rings. The number of aryl methyl sites for hydroxylation is 1. The molecule has 1 aliphatic rings. The maximum absolute atomic E-state index is 11.7. The van der Waals surface area contributed by atoms with Gasteiger partial charge in [-0.2, -0.15) is 0 Å². The molecule has 0 radical (unpaired) electrons. The number of likely N-dealkylation sites (tertiary alicyclic amines) is 1. The summed E-state index contributed by atoms with van der Waals surface area (Å²) in [6, 6.07) is 3.94. The smallest absolute Gasteiger partial charge is 0.230 e. The fourth-order valence-corrected chi connectivity index (χ4v) is 2.04. The molecule has 4 nitrogen and oxygen atoms in total. The Morgan fingerprint density at radius 3 is 2.94 bits per heavy atom. The number of hydrogen-bond acceptors (Lipinski definition) is 3. The molecule has 0 atom stereocenters. The Balaban J connectivity index is 2.10. The lowest BCUT2D eigenvalue weighted by molar-refractivity contribution is -0.139. The number of piperidine rings is 1. The van der Waals surface area contributed by atoms with Gasteiger partial charge in [0, 0.05) is 19.2 Å². The van der Waals surface area contributed by atoms with Crippen molar-refractivity contribution in [3.8, 4) is 0 Å². The summed E-state index contributed by atoms with van der Waals surface area (Å²) in [5.41, 5.74) is 2.11. The maximum atomic E-state index is 11.7. The van der Waals surface area contributed by atoms with E-state index in [1.54, 1.807) is 11.1 Å².